The topological polar surface area (TPSA) is 139 Å². The fourth-order valence-electron chi connectivity index (χ4n) is 5.97. The molecular formula is C32H37F2N9O4S. The van der Waals surface area contributed by atoms with Crippen molar-refractivity contribution in [3.63, 3.8) is 0 Å². The monoisotopic (exact) mass is 681 g/mol. The Morgan fingerprint density at radius 2 is 1.88 bits per heavy atom. The predicted octanol–water partition coefficient (Wildman–Crippen LogP) is 3.62. The van der Waals surface area contributed by atoms with Crippen LogP contribution in [0.15, 0.2) is 53.9 Å². The van der Waals surface area contributed by atoms with Crippen LogP contribution in [0.2, 0.25) is 0 Å². The molecule has 0 bridgehead atoms. The molecule has 2 fully saturated rings. The number of alkyl halides is 2. The molecular weight excluding hydrogens is 644 g/mol. The van der Waals surface area contributed by atoms with Crippen molar-refractivity contribution < 1.29 is 27.9 Å². The summed E-state index contributed by atoms with van der Waals surface area (Å²) in [6.45, 7) is 4.56. The standard InChI is InChI=1S/C32H37F2N9O4S/c1-20(2)48-22-4-5-26(47-32(33)34)23(16-22)28-25(38-30(45)24-17-37-43-11-3-8-36-29(24)43)18-42(39-28)19-27(44)40-12-6-21(7-13-40)31(46)41-14-9-35-10-15-41/h3-5,8,11,16-18,20-21,32,35H,6-7,9-10,12-15,19H2,1-2H3,(H,38,45). The van der Waals surface area contributed by atoms with Gasteiger partial charge in [-0.15, -0.1) is 11.8 Å². The molecule has 0 spiro atoms. The minimum Gasteiger partial charge on any atom is -0.434 e. The van der Waals surface area contributed by atoms with Crippen molar-refractivity contribution in [3.8, 4) is 17.0 Å². The van der Waals surface area contributed by atoms with Crippen LogP contribution in [0.3, 0.4) is 0 Å². The van der Waals surface area contributed by atoms with Gasteiger partial charge in [0.25, 0.3) is 5.91 Å². The first-order valence-electron chi connectivity index (χ1n) is 15.9. The smallest absolute Gasteiger partial charge is 0.387 e. The van der Waals surface area contributed by atoms with Gasteiger partial charge in [-0.05, 0) is 37.1 Å². The second kappa shape index (κ2) is 14.7. The zero-order valence-electron chi connectivity index (χ0n) is 26.6. The maximum absolute atomic E-state index is 13.5. The van der Waals surface area contributed by atoms with Crippen molar-refractivity contribution in [2.75, 3.05) is 44.6 Å². The van der Waals surface area contributed by atoms with Crippen LogP contribution in [0.25, 0.3) is 16.9 Å². The number of fused-ring (bicyclic) bond motifs is 1. The van der Waals surface area contributed by atoms with Gasteiger partial charge in [-0.2, -0.15) is 19.0 Å². The predicted molar refractivity (Wildman–Crippen MR) is 175 cm³/mol. The number of ether oxygens (including phenoxy) is 1. The molecule has 254 valence electrons. The molecule has 0 saturated carbocycles. The Labute approximate surface area is 280 Å². The van der Waals surface area contributed by atoms with Crippen LogP contribution in [-0.4, -0.2) is 103 Å². The first-order valence-corrected chi connectivity index (χ1v) is 16.7. The third-order valence-corrected chi connectivity index (χ3v) is 9.25. The summed E-state index contributed by atoms with van der Waals surface area (Å²) in [4.78, 5) is 48.6. The number of benzene rings is 1. The number of nitrogens with zero attached hydrogens (tertiary/aromatic N) is 7. The van der Waals surface area contributed by atoms with E-state index in [-0.39, 0.29) is 57.8 Å². The summed E-state index contributed by atoms with van der Waals surface area (Å²) in [5.74, 6) is -0.865. The SMILES string of the molecule is CC(C)Sc1ccc(OC(F)F)c(-c2nn(CC(=O)N3CCC(C(=O)N4CCNCC4)CC3)cc2NC(=O)c2cnn3cccnc23)c1. The zero-order chi connectivity index (χ0) is 33.8. The van der Waals surface area contributed by atoms with E-state index in [1.54, 1.807) is 35.5 Å². The Morgan fingerprint density at radius 3 is 2.60 bits per heavy atom. The molecule has 13 nitrogen and oxygen atoms in total. The van der Waals surface area contributed by atoms with Gasteiger partial charge in [-0.1, -0.05) is 13.8 Å². The second-order valence-electron chi connectivity index (χ2n) is 11.9. The Hall–Kier alpha value is -4.57. The van der Waals surface area contributed by atoms with Gasteiger partial charge in [0.15, 0.2) is 5.65 Å². The summed E-state index contributed by atoms with van der Waals surface area (Å²) in [6.07, 6.45) is 7.22. The molecule has 16 heteroatoms. The van der Waals surface area contributed by atoms with Gasteiger partial charge >= 0.3 is 6.61 Å². The van der Waals surface area contributed by atoms with Crippen molar-refractivity contribution in [1.82, 2.24) is 39.5 Å². The average Bonchev–Trinajstić information content (AvgIpc) is 3.69. The summed E-state index contributed by atoms with van der Waals surface area (Å²) in [6, 6.07) is 6.50. The molecule has 48 heavy (non-hydrogen) atoms. The fraction of sp³-hybridized carbons (Fsp3) is 0.438. The van der Waals surface area contributed by atoms with E-state index < -0.39 is 12.5 Å². The maximum Gasteiger partial charge on any atom is 0.387 e. The highest BCUT2D eigenvalue weighted by atomic mass is 32.2. The van der Waals surface area contributed by atoms with Gasteiger partial charge in [0.05, 0.1) is 11.9 Å². The third kappa shape index (κ3) is 7.59. The van der Waals surface area contributed by atoms with E-state index in [9.17, 15) is 23.2 Å². The highest BCUT2D eigenvalue weighted by Gasteiger charge is 2.31. The van der Waals surface area contributed by atoms with Crippen LogP contribution in [0.5, 0.6) is 5.75 Å². The first-order chi connectivity index (χ1) is 23.2. The minimum absolute atomic E-state index is 0.121. The van der Waals surface area contributed by atoms with E-state index in [4.69, 9.17) is 4.74 Å². The number of piperidine rings is 1. The zero-order valence-corrected chi connectivity index (χ0v) is 27.5. The Kier molecular flexibility index (Phi) is 10.2. The van der Waals surface area contributed by atoms with Crippen LogP contribution >= 0.6 is 11.8 Å². The van der Waals surface area contributed by atoms with Crippen molar-refractivity contribution in [3.05, 3.63) is 54.6 Å². The molecule has 1 aromatic carbocycles. The van der Waals surface area contributed by atoms with E-state index >= 15 is 0 Å². The van der Waals surface area contributed by atoms with Crippen molar-refractivity contribution >= 4 is 40.8 Å². The number of rotatable bonds is 10. The number of carbonyl (C=O) groups is 3. The van der Waals surface area contributed by atoms with Crippen LogP contribution < -0.4 is 15.4 Å². The lowest BCUT2D eigenvalue weighted by Gasteiger charge is -2.35. The number of thioether (sulfide) groups is 1. The Bertz CT molecular complexity index is 1780. The van der Waals surface area contributed by atoms with E-state index in [0.29, 0.717) is 44.7 Å². The largest absolute Gasteiger partial charge is 0.434 e. The van der Waals surface area contributed by atoms with Crippen LogP contribution in [-0.2, 0) is 16.1 Å². The van der Waals surface area contributed by atoms with Gasteiger partial charge in [0, 0.05) is 79.5 Å². The van der Waals surface area contributed by atoms with E-state index in [1.807, 2.05) is 18.7 Å². The number of carbonyl (C=O) groups excluding carboxylic acids is 3. The summed E-state index contributed by atoms with van der Waals surface area (Å²) in [7, 11) is 0. The summed E-state index contributed by atoms with van der Waals surface area (Å²) >= 11 is 1.53. The number of piperazine rings is 1. The highest BCUT2D eigenvalue weighted by Crippen LogP contribution is 2.39. The molecule has 0 atom stereocenters. The number of hydrogen-bond acceptors (Lipinski definition) is 9. The lowest BCUT2D eigenvalue weighted by Crippen LogP contribution is -2.50. The number of anilines is 1. The van der Waals surface area contributed by atoms with Crippen LogP contribution in [0.1, 0.15) is 37.0 Å². The molecule has 2 saturated heterocycles. The molecule has 2 aliphatic heterocycles. The van der Waals surface area contributed by atoms with Gasteiger partial charge in [0.2, 0.25) is 11.8 Å². The van der Waals surface area contributed by atoms with E-state index in [2.05, 4.69) is 25.8 Å². The summed E-state index contributed by atoms with van der Waals surface area (Å²) in [5.41, 5.74) is 1.09. The molecule has 2 N–H and O–H groups in total. The Morgan fingerprint density at radius 1 is 1.10 bits per heavy atom. The average molecular weight is 682 g/mol. The molecule has 6 rings (SSSR count). The van der Waals surface area contributed by atoms with Crippen LogP contribution in [0, 0.1) is 5.92 Å². The van der Waals surface area contributed by atoms with Crippen molar-refractivity contribution in [1.29, 1.82) is 0 Å². The summed E-state index contributed by atoms with van der Waals surface area (Å²) in [5, 5.41) is 15.1. The van der Waals surface area contributed by atoms with Crippen molar-refractivity contribution in [2.45, 2.75) is 50.0 Å². The molecule has 3 amide bonds. The van der Waals surface area contributed by atoms with Gasteiger partial charge in [-0.3, -0.25) is 19.1 Å². The first kappa shape index (κ1) is 33.3. The minimum atomic E-state index is -3.10. The molecule has 3 aromatic heterocycles. The van der Waals surface area contributed by atoms with Gasteiger partial charge < -0.3 is 25.2 Å². The van der Waals surface area contributed by atoms with E-state index in [0.717, 1.165) is 18.0 Å². The highest BCUT2D eigenvalue weighted by molar-refractivity contribution is 7.99. The quantitative estimate of drug-likeness (QED) is 0.241. The third-order valence-electron chi connectivity index (χ3n) is 8.25. The van der Waals surface area contributed by atoms with Gasteiger partial charge in [0.1, 0.15) is 23.6 Å². The maximum atomic E-state index is 13.5. The lowest BCUT2D eigenvalue weighted by atomic mass is 9.95. The molecule has 2 aliphatic rings. The molecule has 4 aromatic rings. The summed E-state index contributed by atoms with van der Waals surface area (Å²) < 4.78 is 34.8. The van der Waals surface area contributed by atoms with Crippen LogP contribution in [0.4, 0.5) is 14.5 Å². The van der Waals surface area contributed by atoms with E-state index in [1.165, 1.54) is 39.4 Å². The number of likely N-dealkylation sites (tertiary alicyclic amines) is 1. The number of hydrogen-bond donors (Lipinski definition) is 2. The van der Waals surface area contributed by atoms with Gasteiger partial charge in [-0.25, -0.2) is 9.50 Å². The number of amides is 3. The number of aromatic nitrogens is 5. The molecule has 5 heterocycles. The van der Waals surface area contributed by atoms with Crippen molar-refractivity contribution in [2.24, 2.45) is 5.92 Å². The molecule has 0 aliphatic carbocycles. The number of halogens is 2. The lowest BCUT2D eigenvalue weighted by molar-refractivity contribution is -0.141. The molecule has 0 radical (unpaired) electrons. The molecule has 0 unspecified atom stereocenters. The number of nitrogens with one attached hydrogen (secondary N) is 2. The Balaban J connectivity index is 1.26. The fourth-order valence-corrected chi connectivity index (χ4v) is 6.84. The normalized spacial score (nSPS) is 15.8. The second-order valence-corrected chi connectivity index (χ2v) is 13.6.